The van der Waals surface area contributed by atoms with Gasteiger partial charge in [0.05, 0.1) is 16.2 Å². The van der Waals surface area contributed by atoms with Gasteiger partial charge in [0.25, 0.3) is 0 Å². The highest BCUT2D eigenvalue weighted by Gasteiger charge is 2.18. The second kappa shape index (κ2) is 9.25. The summed E-state index contributed by atoms with van der Waals surface area (Å²) in [7, 11) is 0. The molecule has 2 heterocycles. The number of hydrogen-bond donors (Lipinski definition) is 0. The van der Waals surface area contributed by atoms with E-state index in [1.165, 1.54) is 0 Å². The summed E-state index contributed by atoms with van der Waals surface area (Å²) in [6, 6.07) is 43.4. The molecule has 0 N–H and O–H groups in total. The van der Waals surface area contributed by atoms with Gasteiger partial charge in [-0.05, 0) is 80.2 Å². The molecule has 0 amide bonds. The van der Waals surface area contributed by atoms with E-state index >= 15 is 0 Å². The van der Waals surface area contributed by atoms with Crippen molar-refractivity contribution in [1.82, 2.24) is 0 Å². The highest BCUT2D eigenvalue weighted by atomic mass is 16.3. The number of fused-ring (bicyclic) bond motifs is 7. The molecule has 0 radical (unpaired) electrons. The molecule has 4 nitrogen and oxygen atoms in total. The molecule has 2 aromatic heterocycles. The van der Waals surface area contributed by atoms with Crippen LogP contribution >= 0.6 is 0 Å². The summed E-state index contributed by atoms with van der Waals surface area (Å²) < 4.78 is 12.6. The van der Waals surface area contributed by atoms with Crippen molar-refractivity contribution >= 4 is 65.4 Å². The van der Waals surface area contributed by atoms with E-state index in [4.69, 9.17) is 8.83 Å². The Balaban J connectivity index is 1.28. The summed E-state index contributed by atoms with van der Waals surface area (Å²) in [5.74, 6) is 0. The standard InChI is InChI=1S/C40H22O4/c41-38-31-17-20-36-37(39(42)33-22-26(15-18-34(33)43-36)30-14-6-10-24-8-2-4-12-28(24)30)40(31)44-35-19-16-25(21-32(35)38)29-13-5-9-23-7-1-3-11-27(23)29/h1-22H. The third-order valence-electron chi connectivity index (χ3n) is 8.67. The molecule has 0 bridgehead atoms. The van der Waals surface area contributed by atoms with Gasteiger partial charge in [0, 0.05) is 0 Å². The maximum absolute atomic E-state index is 14.1. The molecule has 0 spiro atoms. The van der Waals surface area contributed by atoms with E-state index in [1.54, 1.807) is 12.1 Å². The van der Waals surface area contributed by atoms with E-state index in [9.17, 15) is 9.59 Å². The van der Waals surface area contributed by atoms with Crippen molar-refractivity contribution < 1.29 is 8.83 Å². The van der Waals surface area contributed by atoms with Crippen LogP contribution in [-0.4, -0.2) is 0 Å². The van der Waals surface area contributed by atoms with Gasteiger partial charge in [-0.25, -0.2) is 0 Å². The van der Waals surface area contributed by atoms with Gasteiger partial charge in [0.2, 0.25) is 10.9 Å². The lowest BCUT2D eigenvalue weighted by atomic mass is 9.96. The minimum Gasteiger partial charge on any atom is -0.456 e. The lowest BCUT2D eigenvalue weighted by molar-refractivity contribution is 0.649. The second-order valence-corrected chi connectivity index (χ2v) is 11.2. The van der Waals surface area contributed by atoms with E-state index < -0.39 is 0 Å². The monoisotopic (exact) mass is 566 g/mol. The molecule has 9 rings (SSSR count). The summed E-state index contributed by atoms with van der Waals surface area (Å²) in [6.07, 6.45) is 0. The van der Waals surface area contributed by atoms with Crippen LogP contribution < -0.4 is 10.9 Å². The Bertz CT molecular complexity index is 2760. The van der Waals surface area contributed by atoms with E-state index in [2.05, 4.69) is 48.5 Å². The molecule has 0 aliphatic carbocycles. The number of benzene rings is 7. The van der Waals surface area contributed by atoms with Gasteiger partial charge in [-0.1, -0.05) is 97.1 Å². The molecule has 0 unspecified atom stereocenters. The largest absolute Gasteiger partial charge is 0.456 e. The molecule has 0 saturated heterocycles. The fourth-order valence-electron chi connectivity index (χ4n) is 6.54. The molecule has 206 valence electrons. The Kier molecular flexibility index (Phi) is 5.17. The van der Waals surface area contributed by atoms with Crippen LogP contribution in [0.4, 0.5) is 0 Å². The molecule has 0 aliphatic heterocycles. The fourth-order valence-corrected chi connectivity index (χ4v) is 6.54. The minimum absolute atomic E-state index is 0.186. The summed E-state index contributed by atoms with van der Waals surface area (Å²) in [5.41, 5.74) is 5.00. The van der Waals surface area contributed by atoms with Gasteiger partial charge < -0.3 is 8.83 Å². The van der Waals surface area contributed by atoms with Crippen LogP contribution in [0, 0.1) is 0 Å². The normalized spacial score (nSPS) is 11.8. The molecule has 9 aromatic rings. The SMILES string of the molecule is O=c1c2cc(-c3cccc4ccccc34)ccc2oc2c1ccc1oc3ccc(-c4cccc5ccccc45)cc3c(=O)c12. The quantitative estimate of drug-likeness (QED) is 0.154. The maximum atomic E-state index is 14.1. The van der Waals surface area contributed by atoms with Crippen molar-refractivity contribution in [3.63, 3.8) is 0 Å². The Morgan fingerprint density at radius 1 is 0.386 bits per heavy atom. The van der Waals surface area contributed by atoms with E-state index in [1.807, 2.05) is 72.8 Å². The van der Waals surface area contributed by atoms with Crippen LogP contribution in [-0.2, 0) is 0 Å². The average molecular weight is 567 g/mol. The average Bonchev–Trinajstić information content (AvgIpc) is 3.07. The molecule has 0 fully saturated rings. The van der Waals surface area contributed by atoms with Crippen LogP contribution in [0.2, 0.25) is 0 Å². The molecule has 0 saturated carbocycles. The molecular weight excluding hydrogens is 544 g/mol. The molecule has 44 heavy (non-hydrogen) atoms. The van der Waals surface area contributed by atoms with E-state index in [0.29, 0.717) is 32.9 Å². The molecule has 0 atom stereocenters. The van der Waals surface area contributed by atoms with Gasteiger partial charge >= 0.3 is 0 Å². The van der Waals surface area contributed by atoms with Gasteiger partial charge in [0.15, 0.2) is 5.58 Å². The topological polar surface area (TPSA) is 60.4 Å². The minimum atomic E-state index is -0.233. The lowest BCUT2D eigenvalue weighted by Crippen LogP contribution is -2.07. The first kappa shape index (κ1) is 24.6. The van der Waals surface area contributed by atoms with E-state index in [0.717, 1.165) is 43.8 Å². The smallest absolute Gasteiger partial charge is 0.204 e. The van der Waals surface area contributed by atoms with Gasteiger partial charge in [-0.15, -0.1) is 0 Å². The van der Waals surface area contributed by atoms with Crippen molar-refractivity contribution in [2.24, 2.45) is 0 Å². The Labute approximate surface area is 250 Å². The third kappa shape index (κ3) is 3.58. The van der Waals surface area contributed by atoms with Crippen molar-refractivity contribution in [2.75, 3.05) is 0 Å². The Morgan fingerprint density at radius 3 is 1.55 bits per heavy atom. The van der Waals surface area contributed by atoms with Crippen LogP contribution in [0.25, 0.3) is 87.7 Å². The third-order valence-corrected chi connectivity index (χ3v) is 8.67. The maximum Gasteiger partial charge on any atom is 0.204 e. The van der Waals surface area contributed by atoms with Crippen LogP contribution in [0.1, 0.15) is 0 Å². The Hall–Kier alpha value is -6.00. The lowest BCUT2D eigenvalue weighted by Gasteiger charge is -2.10. The number of hydrogen-bond acceptors (Lipinski definition) is 4. The van der Waals surface area contributed by atoms with Crippen LogP contribution in [0.15, 0.2) is 152 Å². The van der Waals surface area contributed by atoms with Crippen LogP contribution in [0.3, 0.4) is 0 Å². The molecule has 4 heteroatoms. The summed E-state index contributed by atoms with van der Waals surface area (Å²) >= 11 is 0. The van der Waals surface area contributed by atoms with Gasteiger partial charge in [-0.2, -0.15) is 0 Å². The zero-order chi connectivity index (χ0) is 29.4. The summed E-state index contributed by atoms with van der Waals surface area (Å²) in [6.45, 7) is 0. The first-order chi connectivity index (χ1) is 21.6. The second-order valence-electron chi connectivity index (χ2n) is 11.2. The molecule has 0 aliphatic rings. The zero-order valence-corrected chi connectivity index (χ0v) is 23.3. The zero-order valence-electron chi connectivity index (χ0n) is 23.3. The van der Waals surface area contributed by atoms with Crippen molar-refractivity contribution in [1.29, 1.82) is 0 Å². The highest BCUT2D eigenvalue weighted by Crippen LogP contribution is 2.34. The van der Waals surface area contributed by atoms with Crippen molar-refractivity contribution in [3.05, 3.63) is 154 Å². The molecule has 7 aromatic carbocycles. The van der Waals surface area contributed by atoms with Gasteiger partial charge in [-0.3, -0.25) is 9.59 Å². The summed E-state index contributed by atoms with van der Waals surface area (Å²) in [4.78, 5) is 28.1. The summed E-state index contributed by atoms with van der Waals surface area (Å²) in [5, 5.41) is 5.97. The van der Waals surface area contributed by atoms with Crippen LogP contribution in [0.5, 0.6) is 0 Å². The molecular formula is C40H22O4. The van der Waals surface area contributed by atoms with Gasteiger partial charge in [0.1, 0.15) is 22.1 Å². The first-order valence-corrected chi connectivity index (χ1v) is 14.5. The van der Waals surface area contributed by atoms with E-state index in [-0.39, 0.29) is 21.8 Å². The predicted molar refractivity (Wildman–Crippen MR) is 179 cm³/mol. The van der Waals surface area contributed by atoms with Crippen molar-refractivity contribution in [3.8, 4) is 22.3 Å². The first-order valence-electron chi connectivity index (χ1n) is 14.5. The Morgan fingerprint density at radius 2 is 0.909 bits per heavy atom. The number of rotatable bonds is 2. The predicted octanol–water partition coefficient (Wildman–Crippen LogP) is 9.85. The fraction of sp³-hybridized carbons (Fsp3) is 0. The highest BCUT2D eigenvalue weighted by molar-refractivity contribution is 6.08. The van der Waals surface area contributed by atoms with Crippen molar-refractivity contribution in [2.45, 2.75) is 0 Å².